The molecular formula is C20H19N3. The molecule has 0 radical (unpaired) electrons. The molecule has 3 heteroatoms. The Labute approximate surface area is 136 Å². The van der Waals surface area contributed by atoms with Crippen molar-refractivity contribution in [1.29, 1.82) is 0 Å². The minimum atomic E-state index is 0.703. The number of aromatic nitrogens is 2. The molecule has 3 aromatic rings. The fraction of sp³-hybridized carbons (Fsp3) is 0.100. The third-order valence-corrected chi connectivity index (χ3v) is 3.75. The number of nitrogens with zero attached hydrogens (tertiary/aromatic N) is 3. The molecule has 0 aliphatic carbocycles. The van der Waals surface area contributed by atoms with Crippen LogP contribution in [0.4, 0.5) is 0 Å². The zero-order chi connectivity index (χ0) is 16.4. The average molecular weight is 301 g/mol. The lowest BCUT2D eigenvalue weighted by atomic mass is 10.2. The number of aliphatic imine (C=N–C) groups is 1. The molecule has 0 saturated heterocycles. The summed E-state index contributed by atoms with van der Waals surface area (Å²) in [5.41, 5.74) is 6.15. The smallest absolute Gasteiger partial charge is 0.164 e. The van der Waals surface area contributed by atoms with Gasteiger partial charge in [0.25, 0.3) is 0 Å². The highest BCUT2D eigenvalue weighted by Gasteiger charge is 2.15. The Hall–Kier alpha value is -2.94. The molecule has 23 heavy (non-hydrogen) atoms. The Bertz CT molecular complexity index is 912. The fourth-order valence-corrected chi connectivity index (χ4v) is 2.62. The van der Waals surface area contributed by atoms with Crippen LogP contribution in [0.15, 0.2) is 72.9 Å². The number of imidazole rings is 1. The third kappa shape index (κ3) is 2.73. The van der Waals surface area contributed by atoms with Gasteiger partial charge in [-0.05, 0) is 49.8 Å². The average Bonchev–Trinajstić information content (AvgIpc) is 2.91. The van der Waals surface area contributed by atoms with Crippen molar-refractivity contribution in [1.82, 2.24) is 9.55 Å². The van der Waals surface area contributed by atoms with Crippen LogP contribution in [0.3, 0.4) is 0 Å². The standard InChI is InChI=1S/C20H19N3/c1-5-17(21-6-2)20-22-18-13-15(4)9-12-19(18)23(20)16-10-7-14(3)8-11-16/h5-13H,1-2H2,3-4H3. The number of benzene rings is 2. The summed E-state index contributed by atoms with van der Waals surface area (Å²) in [6.07, 6.45) is 3.22. The van der Waals surface area contributed by atoms with E-state index in [-0.39, 0.29) is 0 Å². The van der Waals surface area contributed by atoms with E-state index in [0.29, 0.717) is 5.71 Å². The number of fused-ring (bicyclic) bond motifs is 1. The topological polar surface area (TPSA) is 30.2 Å². The fourth-order valence-electron chi connectivity index (χ4n) is 2.62. The van der Waals surface area contributed by atoms with Crippen molar-refractivity contribution in [3.8, 4) is 5.69 Å². The predicted molar refractivity (Wildman–Crippen MR) is 97.5 cm³/mol. The van der Waals surface area contributed by atoms with Gasteiger partial charge in [0.2, 0.25) is 0 Å². The van der Waals surface area contributed by atoms with Crippen LogP contribution in [0.1, 0.15) is 17.0 Å². The van der Waals surface area contributed by atoms with Crippen molar-refractivity contribution in [3.63, 3.8) is 0 Å². The lowest BCUT2D eigenvalue weighted by Crippen LogP contribution is -2.07. The molecule has 0 fully saturated rings. The highest BCUT2D eigenvalue weighted by molar-refractivity contribution is 6.08. The first kappa shape index (κ1) is 15.0. The van der Waals surface area contributed by atoms with Crippen LogP contribution >= 0.6 is 0 Å². The quantitative estimate of drug-likeness (QED) is 0.639. The molecule has 0 amide bonds. The summed E-state index contributed by atoms with van der Waals surface area (Å²) in [4.78, 5) is 9.09. The Morgan fingerprint density at radius 1 is 1.04 bits per heavy atom. The maximum atomic E-state index is 4.78. The van der Waals surface area contributed by atoms with Crippen molar-refractivity contribution < 1.29 is 0 Å². The minimum Gasteiger partial charge on any atom is -0.291 e. The summed E-state index contributed by atoms with van der Waals surface area (Å²) in [6, 6.07) is 14.6. The van der Waals surface area contributed by atoms with Gasteiger partial charge in [-0.25, -0.2) is 4.98 Å². The van der Waals surface area contributed by atoms with E-state index >= 15 is 0 Å². The zero-order valence-corrected chi connectivity index (χ0v) is 13.5. The number of rotatable bonds is 4. The largest absolute Gasteiger partial charge is 0.291 e. The lowest BCUT2D eigenvalue weighted by Gasteiger charge is -2.09. The molecule has 3 nitrogen and oxygen atoms in total. The summed E-state index contributed by atoms with van der Waals surface area (Å²) in [6.45, 7) is 11.7. The van der Waals surface area contributed by atoms with E-state index < -0.39 is 0 Å². The van der Waals surface area contributed by atoms with E-state index in [1.165, 1.54) is 17.3 Å². The van der Waals surface area contributed by atoms with Gasteiger partial charge in [0, 0.05) is 11.9 Å². The van der Waals surface area contributed by atoms with Crippen LogP contribution in [0, 0.1) is 13.8 Å². The highest BCUT2D eigenvalue weighted by atomic mass is 15.1. The number of allylic oxidation sites excluding steroid dienone is 1. The monoisotopic (exact) mass is 301 g/mol. The molecule has 2 aromatic carbocycles. The van der Waals surface area contributed by atoms with E-state index in [9.17, 15) is 0 Å². The molecule has 0 aliphatic rings. The van der Waals surface area contributed by atoms with Gasteiger partial charge >= 0.3 is 0 Å². The third-order valence-electron chi connectivity index (χ3n) is 3.75. The molecule has 0 saturated carbocycles. The maximum absolute atomic E-state index is 4.78. The van der Waals surface area contributed by atoms with E-state index in [2.05, 4.69) is 79.0 Å². The van der Waals surface area contributed by atoms with Crippen LogP contribution in [0.5, 0.6) is 0 Å². The summed E-state index contributed by atoms with van der Waals surface area (Å²) >= 11 is 0. The Kier molecular flexibility index (Phi) is 3.94. The van der Waals surface area contributed by atoms with Gasteiger partial charge in [-0.15, -0.1) is 0 Å². The SMILES string of the molecule is C=CN=C(C=C)c1nc2cc(C)ccc2n1-c1ccc(C)cc1. The first-order valence-electron chi connectivity index (χ1n) is 7.51. The Balaban J connectivity index is 2.36. The molecule has 114 valence electrons. The number of hydrogen-bond donors (Lipinski definition) is 0. The first-order valence-corrected chi connectivity index (χ1v) is 7.51. The molecule has 0 spiro atoms. The Morgan fingerprint density at radius 3 is 2.39 bits per heavy atom. The van der Waals surface area contributed by atoms with E-state index in [1.54, 1.807) is 6.08 Å². The first-order chi connectivity index (χ1) is 11.1. The van der Waals surface area contributed by atoms with Gasteiger partial charge in [0.1, 0.15) is 5.71 Å². The van der Waals surface area contributed by atoms with Gasteiger partial charge in [0.05, 0.1) is 11.0 Å². The van der Waals surface area contributed by atoms with Crippen molar-refractivity contribution in [2.75, 3.05) is 0 Å². The normalized spacial score (nSPS) is 11.7. The van der Waals surface area contributed by atoms with E-state index in [4.69, 9.17) is 4.98 Å². The summed E-state index contributed by atoms with van der Waals surface area (Å²) in [7, 11) is 0. The van der Waals surface area contributed by atoms with Gasteiger partial charge in [-0.3, -0.25) is 9.56 Å². The molecule has 3 rings (SSSR count). The molecular weight excluding hydrogens is 282 g/mol. The van der Waals surface area contributed by atoms with Gasteiger partial charge in [-0.1, -0.05) is 36.9 Å². The summed E-state index contributed by atoms with van der Waals surface area (Å²) in [5, 5.41) is 0. The second-order valence-corrected chi connectivity index (χ2v) is 5.50. The van der Waals surface area contributed by atoms with E-state index in [1.807, 2.05) is 0 Å². The Morgan fingerprint density at radius 2 is 1.74 bits per heavy atom. The number of hydrogen-bond acceptors (Lipinski definition) is 2. The van der Waals surface area contributed by atoms with Crippen LogP contribution in [0.2, 0.25) is 0 Å². The minimum absolute atomic E-state index is 0.703. The van der Waals surface area contributed by atoms with Crippen molar-refractivity contribution >= 4 is 16.7 Å². The maximum Gasteiger partial charge on any atom is 0.164 e. The second kappa shape index (κ2) is 6.05. The van der Waals surface area contributed by atoms with Crippen LogP contribution in [0.25, 0.3) is 16.7 Å². The summed E-state index contributed by atoms with van der Waals surface area (Å²) in [5.74, 6) is 0.768. The molecule has 0 bridgehead atoms. The molecule has 1 aromatic heterocycles. The predicted octanol–water partition coefficient (Wildman–Crippen LogP) is 4.76. The molecule has 1 heterocycles. The lowest BCUT2D eigenvalue weighted by molar-refractivity contribution is 1.06. The zero-order valence-electron chi connectivity index (χ0n) is 13.5. The van der Waals surface area contributed by atoms with Crippen LogP contribution < -0.4 is 0 Å². The second-order valence-electron chi connectivity index (χ2n) is 5.50. The van der Waals surface area contributed by atoms with Crippen molar-refractivity contribution in [2.45, 2.75) is 13.8 Å². The molecule has 0 atom stereocenters. The highest BCUT2D eigenvalue weighted by Crippen LogP contribution is 2.23. The summed E-state index contributed by atoms with van der Waals surface area (Å²) < 4.78 is 2.11. The molecule has 0 unspecified atom stereocenters. The van der Waals surface area contributed by atoms with Crippen molar-refractivity contribution in [3.05, 3.63) is 84.8 Å². The van der Waals surface area contributed by atoms with Gasteiger partial charge < -0.3 is 0 Å². The van der Waals surface area contributed by atoms with E-state index in [0.717, 1.165) is 22.5 Å². The van der Waals surface area contributed by atoms with Gasteiger partial charge in [0.15, 0.2) is 5.82 Å². The molecule has 0 N–H and O–H groups in total. The van der Waals surface area contributed by atoms with Crippen LogP contribution in [-0.2, 0) is 0 Å². The number of aryl methyl sites for hydroxylation is 2. The van der Waals surface area contributed by atoms with Crippen LogP contribution in [-0.4, -0.2) is 15.3 Å². The van der Waals surface area contributed by atoms with Crippen molar-refractivity contribution in [2.24, 2.45) is 4.99 Å². The van der Waals surface area contributed by atoms with Gasteiger partial charge in [-0.2, -0.15) is 0 Å². The molecule has 0 aliphatic heterocycles.